The molecule has 1 aromatic heterocycles. The van der Waals surface area contributed by atoms with Gasteiger partial charge in [-0.15, -0.1) is 11.3 Å². The van der Waals surface area contributed by atoms with Crippen molar-refractivity contribution in [1.29, 1.82) is 0 Å². The molecule has 1 aliphatic heterocycles. The van der Waals surface area contributed by atoms with Crippen molar-refractivity contribution in [3.63, 3.8) is 0 Å². The van der Waals surface area contributed by atoms with Crippen LogP contribution in [0.5, 0.6) is 0 Å². The average Bonchev–Trinajstić information content (AvgIpc) is 2.84. The SMILES string of the molecule is Cc1cnc(NC(=O)N2CCC(C)C2C(=O)O)s1. The van der Waals surface area contributed by atoms with E-state index in [2.05, 4.69) is 10.3 Å². The van der Waals surface area contributed by atoms with Gasteiger partial charge >= 0.3 is 12.0 Å². The van der Waals surface area contributed by atoms with Gasteiger partial charge in [0.25, 0.3) is 0 Å². The van der Waals surface area contributed by atoms with E-state index < -0.39 is 12.0 Å². The lowest BCUT2D eigenvalue weighted by molar-refractivity contribution is -0.142. The number of carboxylic acid groups (broad SMARTS) is 1. The maximum atomic E-state index is 12.0. The Bertz CT molecular complexity index is 474. The van der Waals surface area contributed by atoms with E-state index in [1.807, 2.05) is 13.8 Å². The zero-order valence-electron chi connectivity index (χ0n) is 10.2. The van der Waals surface area contributed by atoms with E-state index in [-0.39, 0.29) is 11.9 Å². The molecule has 98 valence electrons. The van der Waals surface area contributed by atoms with E-state index in [4.69, 9.17) is 5.11 Å². The number of carbonyl (C=O) groups excluding carboxylic acids is 1. The highest BCUT2D eigenvalue weighted by Gasteiger charge is 2.39. The van der Waals surface area contributed by atoms with Crippen LogP contribution in [0, 0.1) is 12.8 Å². The Morgan fingerprint density at radius 3 is 2.89 bits per heavy atom. The van der Waals surface area contributed by atoms with Crippen LogP contribution in [0.1, 0.15) is 18.2 Å². The van der Waals surface area contributed by atoms with Crippen LogP contribution in [0.2, 0.25) is 0 Å². The number of rotatable bonds is 2. The molecule has 18 heavy (non-hydrogen) atoms. The van der Waals surface area contributed by atoms with Gasteiger partial charge < -0.3 is 10.0 Å². The monoisotopic (exact) mass is 269 g/mol. The maximum absolute atomic E-state index is 12.0. The Morgan fingerprint density at radius 1 is 1.61 bits per heavy atom. The number of aliphatic carboxylic acids is 1. The van der Waals surface area contributed by atoms with E-state index in [1.165, 1.54) is 16.2 Å². The van der Waals surface area contributed by atoms with Crippen molar-refractivity contribution in [2.45, 2.75) is 26.3 Å². The fourth-order valence-electron chi connectivity index (χ4n) is 2.13. The van der Waals surface area contributed by atoms with Crippen molar-refractivity contribution in [3.05, 3.63) is 11.1 Å². The molecule has 2 unspecified atom stereocenters. The molecule has 2 N–H and O–H groups in total. The zero-order chi connectivity index (χ0) is 13.3. The quantitative estimate of drug-likeness (QED) is 0.857. The summed E-state index contributed by atoms with van der Waals surface area (Å²) in [5.74, 6) is -0.975. The van der Waals surface area contributed by atoms with Crippen LogP contribution in [0.25, 0.3) is 0 Å². The number of nitrogens with one attached hydrogen (secondary N) is 1. The summed E-state index contributed by atoms with van der Waals surface area (Å²) in [6.07, 6.45) is 2.38. The maximum Gasteiger partial charge on any atom is 0.326 e. The zero-order valence-corrected chi connectivity index (χ0v) is 11.0. The Balaban J connectivity index is 2.07. The van der Waals surface area contributed by atoms with Crippen molar-refractivity contribution in [1.82, 2.24) is 9.88 Å². The van der Waals surface area contributed by atoms with Gasteiger partial charge in [-0.05, 0) is 19.3 Å². The fraction of sp³-hybridized carbons (Fsp3) is 0.545. The van der Waals surface area contributed by atoms with Crippen LogP contribution in [-0.4, -0.2) is 39.6 Å². The number of amides is 2. The number of carbonyl (C=O) groups is 2. The summed E-state index contributed by atoms with van der Waals surface area (Å²) in [4.78, 5) is 29.5. The second-order valence-electron chi connectivity index (χ2n) is 4.45. The van der Waals surface area contributed by atoms with Gasteiger partial charge in [0.05, 0.1) is 0 Å². The van der Waals surface area contributed by atoms with Gasteiger partial charge in [0.15, 0.2) is 5.13 Å². The third kappa shape index (κ3) is 2.45. The molecule has 0 radical (unpaired) electrons. The number of likely N-dealkylation sites (tertiary alicyclic amines) is 1. The van der Waals surface area contributed by atoms with Crippen LogP contribution >= 0.6 is 11.3 Å². The van der Waals surface area contributed by atoms with Crippen molar-refractivity contribution in [3.8, 4) is 0 Å². The highest BCUT2D eigenvalue weighted by atomic mass is 32.1. The minimum Gasteiger partial charge on any atom is -0.480 e. The first-order valence-electron chi connectivity index (χ1n) is 5.72. The summed E-state index contributed by atoms with van der Waals surface area (Å²) in [5.41, 5.74) is 0. The average molecular weight is 269 g/mol. The normalized spacial score (nSPS) is 23.1. The summed E-state index contributed by atoms with van der Waals surface area (Å²) >= 11 is 1.37. The van der Waals surface area contributed by atoms with Crippen LogP contribution < -0.4 is 5.32 Å². The molecule has 0 aromatic carbocycles. The van der Waals surface area contributed by atoms with E-state index in [0.29, 0.717) is 18.1 Å². The van der Waals surface area contributed by atoms with Crippen molar-refractivity contribution in [2.24, 2.45) is 5.92 Å². The lowest BCUT2D eigenvalue weighted by Gasteiger charge is -2.22. The number of hydrogen-bond donors (Lipinski definition) is 2. The standard InChI is InChI=1S/C11H15N3O3S/c1-6-3-4-14(8(6)9(15)16)11(17)13-10-12-5-7(2)18-10/h5-6,8H,3-4H2,1-2H3,(H,15,16)(H,12,13,17). The van der Waals surface area contributed by atoms with Gasteiger partial charge in [-0.3, -0.25) is 5.32 Å². The molecule has 1 fully saturated rings. The number of thiazole rings is 1. The number of aryl methyl sites for hydroxylation is 1. The first kappa shape index (κ1) is 12.8. The number of aromatic nitrogens is 1. The smallest absolute Gasteiger partial charge is 0.326 e. The number of urea groups is 1. The van der Waals surface area contributed by atoms with Crippen molar-refractivity contribution >= 4 is 28.5 Å². The molecule has 0 saturated carbocycles. The molecule has 2 atom stereocenters. The third-order valence-corrected chi connectivity index (χ3v) is 3.88. The molecule has 0 aliphatic carbocycles. The molecule has 2 heterocycles. The predicted molar refractivity (Wildman–Crippen MR) is 67.8 cm³/mol. The molecule has 2 rings (SSSR count). The lowest BCUT2D eigenvalue weighted by Crippen LogP contribution is -2.44. The number of hydrogen-bond acceptors (Lipinski definition) is 4. The molecule has 0 bridgehead atoms. The van der Waals surface area contributed by atoms with E-state index >= 15 is 0 Å². The molecule has 1 aliphatic rings. The number of carboxylic acids is 1. The van der Waals surface area contributed by atoms with Crippen LogP contribution in [0.15, 0.2) is 6.20 Å². The third-order valence-electron chi connectivity index (χ3n) is 3.05. The highest BCUT2D eigenvalue weighted by molar-refractivity contribution is 7.15. The second-order valence-corrected chi connectivity index (χ2v) is 5.68. The molecule has 0 spiro atoms. The van der Waals surface area contributed by atoms with Gasteiger partial charge in [0.2, 0.25) is 0 Å². The van der Waals surface area contributed by atoms with Gasteiger partial charge in [-0.25, -0.2) is 14.6 Å². The summed E-state index contributed by atoms with van der Waals surface area (Å²) < 4.78 is 0. The first-order chi connectivity index (χ1) is 8.49. The molecular weight excluding hydrogens is 254 g/mol. The fourth-order valence-corrected chi connectivity index (χ4v) is 2.78. The van der Waals surface area contributed by atoms with Gasteiger partial charge in [0, 0.05) is 17.6 Å². The van der Waals surface area contributed by atoms with Crippen LogP contribution in [0.4, 0.5) is 9.93 Å². The summed E-state index contributed by atoms with van der Waals surface area (Å²) in [5, 5.41) is 12.3. The summed E-state index contributed by atoms with van der Waals surface area (Å²) in [7, 11) is 0. The Labute approximate surface area is 109 Å². The van der Waals surface area contributed by atoms with E-state index in [9.17, 15) is 9.59 Å². The second kappa shape index (κ2) is 4.93. The van der Waals surface area contributed by atoms with Gasteiger partial charge in [-0.2, -0.15) is 0 Å². The molecular formula is C11H15N3O3S. The molecule has 7 heteroatoms. The van der Waals surface area contributed by atoms with Crippen LogP contribution in [-0.2, 0) is 4.79 Å². The lowest BCUT2D eigenvalue weighted by atomic mass is 10.0. The summed E-state index contributed by atoms with van der Waals surface area (Å²) in [6, 6.07) is -1.13. The van der Waals surface area contributed by atoms with Crippen molar-refractivity contribution < 1.29 is 14.7 Å². The Morgan fingerprint density at radius 2 is 2.33 bits per heavy atom. The highest BCUT2D eigenvalue weighted by Crippen LogP contribution is 2.25. The molecule has 2 amide bonds. The van der Waals surface area contributed by atoms with E-state index in [0.717, 1.165) is 4.88 Å². The predicted octanol–water partition coefficient (Wildman–Crippen LogP) is 1.78. The van der Waals surface area contributed by atoms with E-state index in [1.54, 1.807) is 6.20 Å². The Hall–Kier alpha value is -1.63. The van der Waals surface area contributed by atoms with Crippen LogP contribution in [0.3, 0.4) is 0 Å². The minimum atomic E-state index is -0.953. The first-order valence-corrected chi connectivity index (χ1v) is 6.53. The number of nitrogens with zero attached hydrogens (tertiary/aromatic N) is 2. The van der Waals surface area contributed by atoms with Gasteiger partial charge in [0.1, 0.15) is 6.04 Å². The largest absolute Gasteiger partial charge is 0.480 e. The summed E-state index contributed by atoms with van der Waals surface area (Å²) in [6.45, 7) is 4.21. The van der Waals surface area contributed by atoms with Gasteiger partial charge in [-0.1, -0.05) is 6.92 Å². The number of anilines is 1. The Kier molecular flexibility index (Phi) is 3.51. The topological polar surface area (TPSA) is 82.5 Å². The molecule has 6 nitrogen and oxygen atoms in total. The minimum absolute atomic E-state index is 0.0220. The molecule has 1 aromatic rings. The van der Waals surface area contributed by atoms with Crippen molar-refractivity contribution in [2.75, 3.05) is 11.9 Å². The molecule has 1 saturated heterocycles.